The van der Waals surface area contributed by atoms with Crippen molar-refractivity contribution in [3.63, 3.8) is 0 Å². The van der Waals surface area contributed by atoms with E-state index in [0.717, 1.165) is 17.7 Å². The Bertz CT molecular complexity index is 443. The van der Waals surface area contributed by atoms with Gasteiger partial charge in [0.2, 0.25) is 5.91 Å². The number of nitrogens with zero attached hydrogens (tertiary/aromatic N) is 1. The van der Waals surface area contributed by atoms with Crippen LogP contribution in [0.3, 0.4) is 0 Å². The molecule has 0 aromatic rings. The molecule has 106 valence electrons. The van der Waals surface area contributed by atoms with Crippen LogP contribution in [0.1, 0.15) is 20.3 Å². The molecule has 1 fully saturated rings. The normalized spacial score (nSPS) is 25.4. The van der Waals surface area contributed by atoms with E-state index >= 15 is 0 Å². The number of amides is 1. The summed E-state index contributed by atoms with van der Waals surface area (Å²) in [6.45, 7) is 7.89. The third-order valence-corrected chi connectivity index (χ3v) is 3.67. The quantitative estimate of drug-likeness (QED) is 0.770. The van der Waals surface area contributed by atoms with Crippen LogP contribution < -0.4 is 5.32 Å². The van der Waals surface area contributed by atoms with E-state index in [4.69, 9.17) is 0 Å². The number of allylic oxidation sites excluding steroid dienone is 4. The molecule has 1 aliphatic rings. The second-order valence-electron chi connectivity index (χ2n) is 4.40. The summed E-state index contributed by atoms with van der Waals surface area (Å²) >= 11 is -2.06. The van der Waals surface area contributed by atoms with Crippen molar-refractivity contribution in [1.29, 1.82) is 0 Å². The van der Waals surface area contributed by atoms with Crippen LogP contribution in [0, 0.1) is 5.92 Å². The molecule has 1 aliphatic heterocycles. The van der Waals surface area contributed by atoms with E-state index in [1.165, 1.54) is 11.2 Å². The minimum Gasteiger partial charge on any atom is -0.356 e. The highest BCUT2D eigenvalue weighted by molar-refractivity contribution is 7.76. The lowest BCUT2D eigenvalue weighted by atomic mass is 9.92. The molecule has 0 radical (unpaired) electrons. The van der Waals surface area contributed by atoms with Crippen molar-refractivity contribution >= 4 is 17.2 Å². The molecule has 2 N–H and O–H groups in total. The maximum Gasteiger partial charge on any atom is 0.261 e. The number of carbonyl (C=O) groups excluding carboxylic acids is 1. The van der Waals surface area contributed by atoms with Gasteiger partial charge in [0.25, 0.3) is 11.3 Å². The Morgan fingerprint density at radius 2 is 2.37 bits per heavy atom. The third-order valence-electron chi connectivity index (χ3n) is 2.95. The summed E-state index contributed by atoms with van der Waals surface area (Å²) in [5.74, 6) is 0.0117. The van der Waals surface area contributed by atoms with Crippen molar-refractivity contribution in [2.45, 2.75) is 20.3 Å². The van der Waals surface area contributed by atoms with E-state index in [-0.39, 0.29) is 11.8 Å². The Kier molecular flexibility index (Phi) is 5.98. The molecule has 0 aromatic heterocycles. The number of carbonyl (C=O) groups is 1. The molecule has 0 spiro atoms. The molecule has 1 unspecified atom stereocenters. The summed E-state index contributed by atoms with van der Waals surface area (Å²) in [5.41, 5.74) is 1.71. The van der Waals surface area contributed by atoms with E-state index < -0.39 is 11.3 Å². The van der Waals surface area contributed by atoms with Crippen LogP contribution in [0.4, 0.5) is 0 Å². The largest absolute Gasteiger partial charge is 0.356 e. The minimum absolute atomic E-state index is 0.0947. The van der Waals surface area contributed by atoms with Crippen molar-refractivity contribution in [3.05, 3.63) is 36.1 Å². The first-order valence-corrected chi connectivity index (χ1v) is 7.17. The second-order valence-corrected chi connectivity index (χ2v) is 5.30. The summed E-state index contributed by atoms with van der Waals surface area (Å²) in [6.07, 6.45) is 6.07. The van der Waals surface area contributed by atoms with Gasteiger partial charge in [-0.15, -0.1) is 0 Å². The molecule has 0 aromatic carbocycles. The zero-order chi connectivity index (χ0) is 14.4. The SMILES string of the molecule is C=C/C=C1/C[C@@H](CNC(C)=O)CN(S(=O)O)/C1=C/C. The van der Waals surface area contributed by atoms with Gasteiger partial charge in [0.15, 0.2) is 0 Å². The fourth-order valence-corrected chi connectivity index (χ4v) is 2.90. The average Bonchev–Trinajstić information content (AvgIpc) is 2.36. The van der Waals surface area contributed by atoms with Crippen LogP contribution in [0.15, 0.2) is 36.1 Å². The molecular formula is C13H20N2O3S. The Labute approximate surface area is 116 Å². The molecule has 1 heterocycles. The molecule has 1 rings (SSSR count). The maximum atomic E-state index is 11.4. The van der Waals surface area contributed by atoms with Crippen molar-refractivity contribution < 1.29 is 13.6 Å². The monoisotopic (exact) mass is 284 g/mol. The summed E-state index contributed by atoms with van der Waals surface area (Å²) in [4.78, 5) is 11.0. The molecule has 0 bridgehead atoms. The Morgan fingerprint density at radius 3 is 2.84 bits per heavy atom. The van der Waals surface area contributed by atoms with Crippen LogP contribution in [0.2, 0.25) is 0 Å². The van der Waals surface area contributed by atoms with Crippen LogP contribution in [-0.2, 0) is 16.1 Å². The highest BCUT2D eigenvalue weighted by Gasteiger charge is 2.29. The molecule has 5 nitrogen and oxygen atoms in total. The Morgan fingerprint density at radius 1 is 1.68 bits per heavy atom. The number of hydrogen-bond donors (Lipinski definition) is 2. The highest BCUT2D eigenvalue weighted by atomic mass is 32.2. The molecule has 19 heavy (non-hydrogen) atoms. The van der Waals surface area contributed by atoms with Gasteiger partial charge in [-0.25, -0.2) is 4.21 Å². The third kappa shape index (κ3) is 4.33. The summed E-state index contributed by atoms with van der Waals surface area (Å²) in [6, 6.07) is 0. The van der Waals surface area contributed by atoms with Crippen LogP contribution >= 0.6 is 0 Å². The Balaban J connectivity index is 2.92. The van der Waals surface area contributed by atoms with Gasteiger partial charge in [0.05, 0.1) is 5.70 Å². The van der Waals surface area contributed by atoms with Gasteiger partial charge < -0.3 is 5.32 Å². The van der Waals surface area contributed by atoms with Gasteiger partial charge in [-0.05, 0) is 24.8 Å². The molecule has 1 amide bonds. The predicted molar refractivity (Wildman–Crippen MR) is 76.3 cm³/mol. The van der Waals surface area contributed by atoms with Gasteiger partial charge in [-0.3, -0.25) is 13.7 Å². The number of hydrogen-bond acceptors (Lipinski definition) is 2. The second kappa shape index (κ2) is 7.25. The first-order valence-electron chi connectivity index (χ1n) is 6.10. The first-order chi connectivity index (χ1) is 8.99. The fraction of sp³-hybridized carbons (Fsp3) is 0.462. The number of nitrogens with one attached hydrogen (secondary N) is 1. The fourth-order valence-electron chi connectivity index (χ4n) is 2.17. The van der Waals surface area contributed by atoms with E-state index in [9.17, 15) is 13.6 Å². The van der Waals surface area contributed by atoms with Crippen LogP contribution in [0.25, 0.3) is 0 Å². The van der Waals surface area contributed by atoms with E-state index in [1.807, 2.05) is 19.1 Å². The lowest BCUT2D eigenvalue weighted by Crippen LogP contribution is -2.41. The van der Waals surface area contributed by atoms with E-state index in [1.54, 1.807) is 6.08 Å². The zero-order valence-corrected chi connectivity index (χ0v) is 12.1. The molecule has 1 saturated heterocycles. The van der Waals surface area contributed by atoms with Crippen LogP contribution in [0.5, 0.6) is 0 Å². The van der Waals surface area contributed by atoms with Crippen LogP contribution in [-0.4, -0.2) is 32.1 Å². The molecule has 0 aliphatic carbocycles. The summed E-state index contributed by atoms with van der Waals surface area (Å²) in [5, 5.41) is 2.75. The van der Waals surface area contributed by atoms with Gasteiger partial charge >= 0.3 is 0 Å². The van der Waals surface area contributed by atoms with E-state index in [0.29, 0.717) is 13.1 Å². The van der Waals surface area contributed by atoms with Crippen molar-refractivity contribution in [2.24, 2.45) is 5.92 Å². The molecule has 6 heteroatoms. The van der Waals surface area contributed by atoms with Gasteiger partial charge in [-0.1, -0.05) is 24.8 Å². The van der Waals surface area contributed by atoms with Gasteiger partial charge in [0, 0.05) is 20.0 Å². The van der Waals surface area contributed by atoms with Gasteiger partial charge in [-0.2, -0.15) is 0 Å². The van der Waals surface area contributed by atoms with Crippen molar-refractivity contribution in [2.75, 3.05) is 13.1 Å². The highest BCUT2D eigenvalue weighted by Crippen LogP contribution is 2.30. The van der Waals surface area contributed by atoms with Crippen molar-refractivity contribution in [3.8, 4) is 0 Å². The number of piperidine rings is 1. The lowest BCUT2D eigenvalue weighted by Gasteiger charge is -2.35. The maximum absolute atomic E-state index is 11.4. The molecule has 2 atom stereocenters. The summed E-state index contributed by atoms with van der Waals surface area (Å²) in [7, 11) is 0. The zero-order valence-electron chi connectivity index (χ0n) is 11.3. The minimum atomic E-state index is -2.06. The summed E-state index contributed by atoms with van der Waals surface area (Å²) < 4.78 is 22.2. The first kappa shape index (κ1) is 15.7. The standard InChI is InChI=1S/C13H20N2O3S/c1-4-6-12-7-11(8-14-10(3)16)9-15(19(17)18)13(12)5-2/h4-6,11H,1,7-9H2,2-3H3,(H,14,16)(H,17,18)/b12-6-,13-5+/t11-/m0/s1. The van der Waals surface area contributed by atoms with Crippen molar-refractivity contribution in [1.82, 2.24) is 9.62 Å². The average molecular weight is 284 g/mol. The predicted octanol–water partition coefficient (Wildman–Crippen LogP) is 1.60. The Hall–Kier alpha value is -1.40. The smallest absolute Gasteiger partial charge is 0.261 e. The lowest BCUT2D eigenvalue weighted by molar-refractivity contribution is -0.119. The van der Waals surface area contributed by atoms with Gasteiger partial charge in [0.1, 0.15) is 0 Å². The number of rotatable bonds is 4. The molecule has 0 saturated carbocycles. The topological polar surface area (TPSA) is 69.6 Å². The van der Waals surface area contributed by atoms with E-state index in [2.05, 4.69) is 11.9 Å². The molecular weight excluding hydrogens is 264 g/mol.